The van der Waals surface area contributed by atoms with E-state index < -0.39 is 54.2 Å². The number of nitrogens with two attached hydrogens (primary N) is 1. The van der Waals surface area contributed by atoms with Crippen molar-refractivity contribution in [2.45, 2.75) is 31.0 Å². The number of phosphoric ester groups is 1. The highest BCUT2D eigenvalue weighted by atomic mass is 31.3. The van der Waals surface area contributed by atoms with Crippen LogP contribution in [0.1, 0.15) is 13.2 Å². The van der Waals surface area contributed by atoms with Gasteiger partial charge in [-0.3, -0.25) is 4.52 Å². The van der Waals surface area contributed by atoms with Crippen LogP contribution in [0.5, 0.6) is 0 Å². The van der Waals surface area contributed by atoms with E-state index in [0.29, 0.717) is 16.5 Å². The summed E-state index contributed by atoms with van der Waals surface area (Å²) < 4.78 is 68.8. The number of hydrogen-bond acceptors (Lipinski definition) is 11. The van der Waals surface area contributed by atoms with Gasteiger partial charge in [0.1, 0.15) is 30.0 Å². The zero-order chi connectivity index (χ0) is 28.1. The lowest BCUT2D eigenvalue weighted by Crippen LogP contribution is -2.40. The Morgan fingerprint density at radius 3 is 2.39 bits per heavy atom. The molecule has 0 saturated carbocycles. The summed E-state index contributed by atoms with van der Waals surface area (Å²) >= 11 is 0. The fourth-order valence-corrected chi connectivity index (χ4v) is 6.98. The molecule has 1 aliphatic rings. The van der Waals surface area contributed by atoms with Crippen LogP contribution in [-0.4, -0.2) is 63.7 Å². The van der Waals surface area contributed by atoms with Crippen molar-refractivity contribution in [2.24, 2.45) is 0 Å². The zero-order valence-electron chi connectivity index (χ0n) is 19.2. The van der Waals surface area contributed by atoms with E-state index in [2.05, 4.69) is 23.1 Å². The van der Waals surface area contributed by atoms with Gasteiger partial charge in [-0.15, -0.1) is 0 Å². The van der Waals surface area contributed by atoms with E-state index in [9.17, 15) is 28.6 Å². The molecule has 4 rings (SSSR count). The normalized spacial score (nSPS) is 27.3. The van der Waals surface area contributed by atoms with Crippen LogP contribution in [0.4, 0.5) is 10.2 Å². The lowest BCUT2D eigenvalue weighted by Gasteiger charge is -2.25. The number of aliphatic hydroxyl groups excluding tert-OH is 1. The predicted octanol–water partition coefficient (Wildman–Crippen LogP) is 2.01. The molecule has 1 saturated heterocycles. The molecule has 208 valence electrons. The molecule has 38 heavy (non-hydrogen) atoms. The fraction of sp³-hybridized carbons (Fsp3) is 0.333. The van der Waals surface area contributed by atoms with Gasteiger partial charge in [-0.1, -0.05) is 30.3 Å². The second-order valence-corrected chi connectivity index (χ2v) is 12.7. The van der Waals surface area contributed by atoms with Gasteiger partial charge in [0.05, 0.1) is 12.0 Å². The maximum absolute atomic E-state index is 15.8. The second kappa shape index (κ2) is 10.1. The molecule has 6 atom stereocenters. The molecule has 2 aromatic heterocycles. The third-order valence-corrected chi connectivity index (χ3v) is 9.31. The molecule has 1 aromatic carbocycles. The SMILES string of the molecule is C[C@@]1(F)[C@H](O)[C@@H](COP(=O)(O)OP(=O)(O)OP(=O)(O)O)O[C@H]1n1cc(-c2ccccc2)c2c(N)ncnc21. The van der Waals surface area contributed by atoms with Crippen LogP contribution in [0.25, 0.3) is 22.2 Å². The number of halogens is 1. The van der Waals surface area contributed by atoms with Crippen LogP contribution in [0, 0.1) is 0 Å². The van der Waals surface area contributed by atoms with Crippen LogP contribution in [0.2, 0.25) is 0 Å². The van der Waals surface area contributed by atoms with Gasteiger partial charge in [0.25, 0.3) is 0 Å². The van der Waals surface area contributed by atoms with E-state index in [1.807, 2.05) is 0 Å². The van der Waals surface area contributed by atoms with E-state index in [1.54, 1.807) is 30.3 Å². The van der Waals surface area contributed by atoms with Crippen molar-refractivity contribution in [2.75, 3.05) is 12.3 Å². The molecule has 16 nitrogen and oxygen atoms in total. The van der Waals surface area contributed by atoms with Crippen LogP contribution in [0.3, 0.4) is 0 Å². The number of rotatable bonds is 9. The Labute approximate surface area is 213 Å². The average molecular weight is 598 g/mol. The quantitative estimate of drug-likeness (QED) is 0.193. The molecule has 1 fully saturated rings. The van der Waals surface area contributed by atoms with Gasteiger partial charge in [-0.25, -0.2) is 28.1 Å². The number of aliphatic hydroxyl groups is 1. The molecule has 0 bridgehead atoms. The molecular weight excluding hydrogens is 576 g/mol. The van der Waals surface area contributed by atoms with E-state index in [4.69, 9.17) is 20.3 Å². The van der Waals surface area contributed by atoms with Gasteiger partial charge in [0, 0.05) is 11.8 Å². The van der Waals surface area contributed by atoms with E-state index in [0.717, 1.165) is 13.3 Å². The summed E-state index contributed by atoms with van der Waals surface area (Å²) in [7, 11) is -16.9. The smallest absolute Gasteiger partial charge is 0.387 e. The first-order chi connectivity index (χ1) is 17.5. The summed E-state index contributed by atoms with van der Waals surface area (Å²) in [6.07, 6.45) is -2.52. The van der Waals surface area contributed by atoms with Crippen molar-refractivity contribution in [1.29, 1.82) is 0 Å². The number of nitrogen functional groups attached to an aromatic ring is 1. The first-order valence-electron chi connectivity index (χ1n) is 10.5. The minimum atomic E-state index is -5.77. The number of alkyl halides is 1. The third kappa shape index (κ3) is 6.05. The van der Waals surface area contributed by atoms with E-state index >= 15 is 4.39 Å². The van der Waals surface area contributed by atoms with E-state index in [-0.39, 0.29) is 11.5 Å². The number of benzene rings is 1. The lowest BCUT2D eigenvalue weighted by atomic mass is 9.98. The van der Waals surface area contributed by atoms with Gasteiger partial charge in [0.15, 0.2) is 11.9 Å². The Morgan fingerprint density at radius 1 is 1.11 bits per heavy atom. The van der Waals surface area contributed by atoms with Crippen LogP contribution in [0.15, 0.2) is 42.9 Å². The topological polar surface area (TPSA) is 246 Å². The van der Waals surface area contributed by atoms with Gasteiger partial charge < -0.3 is 39.7 Å². The molecule has 0 amide bonds. The van der Waals surface area contributed by atoms with Crippen molar-refractivity contribution < 1.29 is 60.6 Å². The van der Waals surface area contributed by atoms with Crippen molar-refractivity contribution in [3.8, 4) is 11.1 Å². The monoisotopic (exact) mass is 598 g/mol. The molecule has 0 radical (unpaired) electrons. The molecule has 0 spiro atoms. The molecule has 0 aliphatic carbocycles. The van der Waals surface area contributed by atoms with Crippen LogP contribution >= 0.6 is 23.5 Å². The minimum Gasteiger partial charge on any atom is -0.387 e. The van der Waals surface area contributed by atoms with Crippen LogP contribution in [-0.2, 0) is 31.6 Å². The highest BCUT2D eigenvalue weighted by Gasteiger charge is 2.56. The first-order valence-corrected chi connectivity index (χ1v) is 15.0. The van der Waals surface area contributed by atoms with Gasteiger partial charge >= 0.3 is 23.5 Å². The Kier molecular flexibility index (Phi) is 7.71. The van der Waals surface area contributed by atoms with Gasteiger partial charge in [-0.05, 0) is 12.5 Å². The maximum atomic E-state index is 15.8. The summed E-state index contributed by atoms with van der Waals surface area (Å²) in [6.45, 7) is -0.0472. The lowest BCUT2D eigenvalue weighted by molar-refractivity contribution is -0.0557. The Bertz CT molecular complexity index is 1480. The largest absolute Gasteiger partial charge is 0.490 e. The van der Waals surface area contributed by atoms with Crippen LogP contribution < -0.4 is 5.73 Å². The number of phosphoric acid groups is 3. The molecule has 1 aliphatic heterocycles. The highest BCUT2D eigenvalue weighted by molar-refractivity contribution is 7.66. The summed E-state index contributed by atoms with van der Waals surface area (Å²) in [6, 6.07) is 8.88. The Hall–Kier alpha value is -2.10. The molecule has 7 N–H and O–H groups in total. The number of nitrogens with zero attached hydrogens (tertiary/aromatic N) is 3. The van der Waals surface area contributed by atoms with E-state index in [1.165, 1.54) is 10.8 Å². The number of anilines is 1. The summed E-state index contributed by atoms with van der Waals surface area (Å²) in [5.41, 5.74) is 4.92. The standard InChI is InChI=1S/C18H22FN4O12P3/c1-18(19)14(24)12(8-32-37(28,29)35-38(30,31)34-36(25,26)27)33-17(18)23-7-11(10-5-3-2-4-6-10)13-15(20)21-9-22-16(13)23/h2-7,9,12,14,17,24H,8H2,1H3,(H,28,29)(H,30,31)(H2,20,21,22)(H2,25,26,27)/t12-,14-,17-,18-/m1/s1. The van der Waals surface area contributed by atoms with Crippen molar-refractivity contribution in [3.05, 3.63) is 42.9 Å². The van der Waals surface area contributed by atoms with Gasteiger partial charge in [0.2, 0.25) is 0 Å². The maximum Gasteiger partial charge on any atom is 0.490 e. The average Bonchev–Trinajstić information content (AvgIpc) is 3.27. The molecule has 3 aromatic rings. The zero-order valence-corrected chi connectivity index (χ0v) is 21.9. The Morgan fingerprint density at radius 2 is 1.76 bits per heavy atom. The van der Waals surface area contributed by atoms with Crippen molar-refractivity contribution >= 4 is 40.3 Å². The third-order valence-electron chi connectivity index (χ3n) is 5.51. The predicted molar refractivity (Wildman–Crippen MR) is 127 cm³/mol. The van der Waals surface area contributed by atoms with Crippen molar-refractivity contribution in [3.63, 3.8) is 0 Å². The summed E-state index contributed by atoms with van der Waals surface area (Å²) in [5.74, 6) is 0.0934. The number of fused-ring (bicyclic) bond motifs is 1. The summed E-state index contributed by atoms with van der Waals surface area (Å²) in [5, 5.41) is 11.0. The molecule has 20 heteroatoms. The van der Waals surface area contributed by atoms with Gasteiger partial charge in [-0.2, -0.15) is 8.62 Å². The second-order valence-electron chi connectivity index (χ2n) is 8.28. The minimum absolute atomic E-state index is 0.0934. The Balaban J connectivity index is 1.60. The number of aromatic nitrogens is 3. The first kappa shape index (κ1) is 28.9. The highest BCUT2D eigenvalue weighted by Crippen LogP contribution is 2.66. The molecular formula is C18H22FN4O12P3. The number of hydrogen-bond donors (Lipinski definition) is 6. The molecule has 3 heterocycles. The van der Waals surface area contributed by atoms with Crippen molar-refractivity contribution in [1.82, 2.24) is 14.5 Å². The molecule has 2 unspecified atom stereocenters. The number of ether oxygens (including phenoxy) is 1. The fourth-order valence-electron chi connectivity index (χ4n) is 3.95. The summed E-state index contributed by atoms with van der Waals surface area (Å²) in [4.78, 5) is 44.3.